The molecule has 0 aliphatic heterocycles. The molecule has 42 heavy (non-hydrogen) atoms. The van der Waals surface area contributed by atoms with Crippen molar-refractivity contribution in [2.24, 2.45) is 0 Å². The number of ether oxygens (including phenoxy) is 1. The van der Waals surface area contributed by atoms with Crippen LogP contribution >= 0.6 is 0 Å². The van der Waals surface area contributed by atoms with Crippen molar-refractivity contribution in [1.82, 2.24) is 0 Å². The predicted octanol–water partition coefficient (Wildman–Crippen LogP) is 9.23. The zero-order valence-electron chi connectivity index (χ0n) is 20.3. The number of alkyl halides is 17. The molecular weight excluding hydrogens is 631 g/mol. The SMILES string of the molecule is CC(OC(=O)CCC(F)(F)C(F)(F)C(F)(F)C(F)(F)C(F)(F)C(F)(F)C(F)(F)C(F)(F)F)c1ccc2ccccc2c1. The van der Waals surface area contributed by atoms with E-state index >= 15 is 0 Å². The molecular formula is C23H15F17O2. The second-order valence-electron chi connectivity index (χ2n) is 8.89. The van der Waals surface area contributed by atoms with Crippen LogP contribution in [0.3, 0.4) is 0 Å². The normalized spacial score (nSPS) is 15.6. The molecule has 0 N–H and O–H groups in total. The summed E-state index contributed by atoms with van der Waals surface area (Å²) in [6, 6.07) is 10.8. The van der Waals surface area contributed by atoms with Gasteiger partial charge in [-0.15, -0.1) is 0 Å². The highest BCUT2D eigenvalue weighted by Crippen LogP contribution is 2.64. The minimum absolute atomic E-state index is 0.184. The molecule has 1 atom stereocenters. The van der Waals surface area contributed by atoms with Crippen molar-refractivity contribution in [2.45, 2.75) is 73.5 Å². The third-order valence-corrected chi connectivity index (χ3v) is 5.98. The van der Waals surface area contributed by atoms with E-state index in [1.165, 1.54) is 18.2 Å². The zero-order chi connectivity index (χ0) is 33.0. The van der Waals surface area contributed by atoms with E-state index in [1.54, 1.807) is 24.3 Å². The van der Waals surface area contributed by atoms with Crippen molar-refractivity contribution in [1.29, 1.82) is 0 Å². The lowest BCUT2D eigenvalue weighted by molar-refractivity contribution is -0.461. The Morgan fingerprint density at radius 2 is 1.05 bits per heavy atom. The molecule has 0 saturated heterocycles. The van der Waals surface area contributed by atoms with Crippen LogP contribution in [-0.2, 0) is 9.53 Å². The van der Waals surface area contributed by atoms with Gasteiger partial charge in [-0.25, -0.2) is 0 Å². The fourth-order valence-corrected chi connectivity index (χ4v) is 3.40. The Kier molecular flexibility index (Phi) is 8.88. The quantitative estimate of drug-likeness (QED) is 0.180. The van der Waals surface area contributed by atoms with Crippen LogP contribution in [0.15, 0.2) is 42.5 Å². The first-order valence-electron chi connectivity index (χ1n) is 11.0. The van der Waals surface area contributed by atoms with Gasteiger partial charge in [0, 0.05) is 6.42 Å². The first-order chi connectivity index (χ1) is 18.6. The fourth-order valence-electron chi connectivity index (χ4n) is 3.40. The third-order valence-electron chi connectivity index (χ3n) is 5.98. The lowest BCUT2D eigenvalue weighted by Crippen LogP contribution is -2.74. The minimum Gasteiger partial charge on any atom is -0.458 e. The number of esters is 1. The average Bonchev–Trinajstić information content (AvgIpc) is 2.85. The third kappa shape index (κ3) is 5.42. The summed E-state index contributed by atoms with van der Waals surface area (Å²) in [5, 5.41) is 1.26. The number of rotatable bonds is 11. The Hall–Kier alpha value is -3.02. The van der Waals surface area contributed by atoms with Gasteiger partial charge >= 0.3 is 53.6 Å². The second-order valence-corrected chi connectivity index (χ2v) is 8.89. The van der Waals surface area contributed by atoms with Gasteiger partial charge in [0.1, 0.15) is 6.10 Å². The Morgan fingerprint density at radius 3 is 1.52 bits per heavy atom. The molecule has 0 fully saturated rings. The van der Waals surface area contributed by atoms with Crippen molar-refractivity contribution < 1.29 is 84.2 Å². The van der Waals surface area contributed by atoms with Crippen molar-refractivity contribution in [3.8, 4) is 0 Å². The Labute approximate surface area is 223 Å². The smallest absolute Gasteiger partial charge is 0.458 e. The molecule has 2 aromatic carbocycles. The van der Waals surface area contributed by atoms with Crippen LogP contribution in [0.2, 0.25) is 0 Å². The van der Waals surface area contributed by atoms with Gasteiger partial charge in [-0.1, -0.05) is 36.4 Å². The monoisotopic (exact) mass is 646 g/mol. The van der Waals surface area contributed by atoms with Crippen molar-refractivity contribution in [2.75, 3.05) is 0 Å². The van der Waals surface area contributed by atoms with Gasteiger partial charge in [0.05, 0.1) is 6.42 Å². The Morgan fingerprint density at radius 1 is 0.619 bits per heavy atom. The summed E-state index contributed by atoms with van der Waals surface area (Å²) in [6.45, 7) is 1.13. The van der Waals surface area contributed by atoms with E-state index in [0.29, 0.717) is 10.8 Å². The summed E-state index contributed by atoms with van der Waals surface area (Å²) < 4.78 is 231. The van der Waals surface area contributed by atoms with Crippen LogP contribution in [0.1, 0.15) is 31.4 Å². The summed E-state index contributed by atoms with van der Waals surface area (Å²) in [6.07, 6.45) is -14.0. The maximum Gasteiger partial charge on any atom is 0.460 e. The molecule has 238 valence electrons. The molecule has 0 spiro atoms. The molecule has 0 bridgehead atoms. The van der Waals surface area contributed by atoms with Gasteiger partial charge in [-0.05, 0) is 29.3 Å². The van der Waals surface area contributed by atoms with Gasteiger partial charge < -0.3 is 4.74 Å². The molecule has 0 amide bonds. The Bertz CT molecular complexity index is 1280. The van der Waals surface area contributed by atoms with Gasteiger partial charge in [0.15, 0.2) is 0 Å². The molecule has 0 aliphatic carbocycles. The first-order valence-corrected chi connectivity index (χ1v) is 11.0. The van der Waals surface area contributed by atoms with Crippen molar-refractivity contribution in [3.63, 3.8) is 0 Å². The van der Waals surface area contributed by atoms with E-state index in [-0.39, 0.29) is 5.56 Å². The zero-order valence-corrected chi connectivity index (χ0v) is 20.3. The molecule has 2 aromatic rings. The van der Waals surface area contributed by atoms with Crippen LogP contribution in [0.5, 0.6) is 0 Å². The second kappa shape index (κ2) is 10.6. The van der Waals surface area contributed by atoms with E-state index in [1.807, 2.05) is 0 Å². The molecule has 0 aliphatic rings. The summed E-state index contributed by atoms with van der Waals surface area (Å²) in [4.78, 5) is 11.9. The largest absolute Gasteiger partial charge is 0.460 e. The van der Waals surface area contributed by atoms with Crippen LogP contribution in [0.4, 0.5) is 74.6 Å². The van der Waals surface area contributed by atoms with E-state index in [2.05, 4.69) is 4.74 Å². The standard InChI is InChI=1S/C23H15F17O2/c1-11(13-7-6-12-4-2-3-5-14(12)10-13)42-15(41)8-9-16(24,25)17(26,27)18(28,29)19(30,31)20(32,33)21(34,35)22(36,37)23(38,39)40/h2-7,10-11H,8-9H2,1H3. The predicted molar refractivity (Wildman–Crippen MR) is 108 cm³/mol. The maximum atomic E-state index is 14.0. The number of benzene rings is 2. The first kappa shape index (κ1) is 35.2. The van der Waals surface area contributed by atoms with Gasteiger partial charge in [0.25, 0.3) is 0 Å². The number of hydrogen-bond donors (Lipinski definition) is 0. The lowest BCUT2D eigenvalue weighted by atomic mass is 9.88. The highest BCUT2D eigenvalue weighted by Gasteiger charge is 2.95. The number of carbonyl (C=O) groups is 1. The van der Waals surface area contributed by atoms with E-state index in [4.69, 9.17) is 0 Å². The van der Waals surface area contributed by atoms with Gasteiger partial charge in [-0.3, -0.25) is 4.79 Å². The van der Waals surface area contributed by atoms with E-state index in [0.717, 1.165) is 6.92 Å². The average molecular weight is 646 g/mol. The molecule has 2 nitrogen and oxygen atoms in total. The molecule has 19 heteroatoms. The number of halogens is 17. The van der Waals surface area contributed by atoms with E-state index in [9.17, 15) is 79.4 Å². The number of carbonyl (C=O) groups excluding carboxylic acids is 1. The van der Waals surface area contributed by atoms with Crippen LogP contribution in [0, 0.1) is 0 Å². The maximum absolute atomic E-state index is 14.0. The van der Waals surface area contributed by atoms with Crippen LogP contribution < -0.4 is 0 Å². The highest BCUT2D eigenvalue weighted by atomic mass is 19.4. The molecule has 0 aromatic heterocycles. The van der Waals surface area contributed by atoms with E-state index < -0.39 is 72.5 Å². The molecule has 0 heterocycles. The number of hydrogen-bond acceptors (Lipinski definition) is 2. The Balaban J connectivity index is 2.28. The summed E-state index contributed by atoms with van der Waals surface area (Å²) in [7, 11) is 0. The van der Waals surface area contributed by atoms with Crippen LogP contribution in [0.25, 0.3) is 10.8 Å². The van der Waals surface area contributed by atoms with Crippen molar-refractivity contribution >= 4 is 16.7 Å². The van der Waals surface area contributed by atoms with Gasteiger partial charge in [-0.2, -0.15) is 74.6 Å². The fraction of sp³-hybridized carbons (Fsp3) is 0.522. The number of fused-ring (bicyclic) bond motifs is 1. The minimum atomic E-state index is -8.70. The van der Waals surface area contributed by atoms with Crippen molar-refractivity contribution in [3.05, 3.63) is 48.0 Å². The molecule has 1 unspecified atom stereocenters. The highest BCUT2D eigenvalue weighted by molar-refractivity contribution is 5.83. The van der Waals surface area contributed by atoms with Crippen LogP contribution in [-0.4, -0.2) is 53.6 Å². The molecule has 0 radical (unpaired) electrons. The molecule has 2 rings (SSSR count). The lowest BCUT2D eigenvalue weighted by Gasteiger charge is -2.42. The van der Waals surface area contributed by atoms with Gasteiger partial charge in [0.2, 0.25) is 0 Å². The topological polar surface area (TPSA) is 26.3 Å². The summed E-state index contributed by atoms with van der Waals surface area (Å²) >= 11 is 0. The summed E-state index contributed by atoms with van der Waals surface area (Å²) in [5.41, 5.74) is 0.184. The summed E-state index contributed by atoms with van der Waals surface area (Å²) in [5.74, 6) is -58.9. The molecule has 0 saturated carbocycles.